The van der Waals surface area contributed by atoms with Crippen molar-refractivity contribution >= 4 is 22.0 Å². The average molecular weight is 387 g/mol. The second-order valence-corrected chi connectivity index (χ2v) is 7.10. The summed E-state index contributed by atoms with van der Waals surface area (Å²) in [6.45, 7) is 2.07. The summed E-state index contributed by atoms with van der Waals surface area (Å²) >= 11 is 3.12. The molecular weight excluding hydrogens is 371 g/mol. The van der Waals surface area contributed by atoms with Crippen LogP contribution in [0.15, 0.2) is 36.0 Å². The SMILES string of the molecule is C[C@]12Cc3cnn(-c4ccc(F)cc4)c3C=C1CC[C@@]2(O)C#CBr. The molecular formula is C19H16BrFN2O. The summed E-state index contributed by atoms with van der Waals surface area (Å²) in [7, 11) is 0. The van der Waals surface area contributed by atoms with E-state index in [9.17, 15) is 9.50 Å². The molecule has 1 heterocycles. The van der Waals surface area contributed by atoms with E-state index in [1.165, 1.54) is 17.7 Å². The fourth-order valence-electron chi connectivity index (χ4n) is 3.92. The number of aliphatic hydroxyl groups is 1. The maximum Gasteiger partial charge on any atom is 0.136 e. The van der Waals surface area contributed by atoms with Crippen molar-refractivity contribution in [3.05, 3.63) is 53.1 Å². The zero-order valence-electron chi connectivity index (χ0n) is 13.2. The lowest BCUT2D eigenvalue weighted by atomic mass is 9.67. The number of halogens is 2. The Morgan fingerprint density at radius 2 is 2.08 bits per heavy atom. The third kappa shape index (κ3) is 2.10. The van der Waals surface area contributed by atoms with E-state index < -0.39 is 11.0 Å². The highest BCUT2D eigenvalue weighted by Gasteiger charge is 2.54. The molecule has 5 heteroatoms. The second-order valence-electron chi connectivity index (χ2n) is 6.70. The molecule has 0 aliphatic heterocycles. The van der Waals surface area contributed by atoms with Crippen molar-refractivity contribution in [2.75, 3.05) is 0 Å². The van der Waals surface area contributed by atoms with E-state index in [1.807, 2.05) is 10.9 Å². The molecule has 1 N–H and O–H groups in total. The van der Waals surface area contributed by atoms with Crippen molar-refractivity contribution in [1.82, 2.24) is 9.78 Å². The van der Waals surface area contributed by atoms with Crippen LogP contribution in [-0.2, 0) is 6.42 Å². The molecule has 0 spiro atoms. The van der Waals surface area contributed by atoms with Gasteiger partial charge in [0.15, 0.2) is 0 Å². The van der Waals surface area contributed by atoms with Gasteiger partial charge in [-0.1, -0.05) is 18.4 Å². The van der Waals surface area contributed by atoms with Crippen LogP contribution in [0.4, 0.5) is 4.39 Å². The van der Waals surface area contributed by atoms with Gasteiger partial charge in [-0.3, -0.25) is 0 Å². The third-order valence-corrected chi connectivity index (χ3v) is 5.64. The minimum absolute atomic E-state index is 0.264. The first-order chi connectivity index (χ1) is 11.5. The molecule has 2 aromatic rings. The lowest BCUT2D eigenvalue weighted by Crippen LogP contribution is -2.44. The summed E-state index contributed by atoms with van der Waals surface area (Å²) in [4.78, 5) is 2.70. The van der Waals surface area contributed by atoms with E-state index in [4.69, 9.17) is 0 Å². The van der Waals surface area contributed by atoms with Gasteiger partial charge in [0.2, 0.25) is 0 Å². The zero-order chi connectivity index (χ0) is 16.9. The minimum Gasteiger partial charge on any atom is -0.377 e. The van der Waals surface area contributed by atoms with Crippen LogP contribution >= 0.6 is 15.9 Å². The van der Waals surface area contributed by atoms with Crippen molar-refractivity contribution in [3.8, 4) is 16.4 Å². The zero-order valence-corrected chi connectivity index (χ0v) is 14.8. The first-order valence-corrected chi connectivity index (χ1v) is 8.65. The Hall–Kier alpha value is -1.90. The fourth-order valence-corrected chi connectivity index (χ4v) is 4.25. The molecule has 0 amide bonds. The highest BCUT2D eigenvalue weighted by Crippen LogP contribution is 2.55. The quantitative estimate of drug-likeness (QED) is 0.756. The molecule has 2 atom stereocenters. The number of rotatable bonds is 1. The molecule has 1 saturated carbocycles. The van der Waals surface area contributed by atoms with Crippen molar-refractivity contribution in [3.63, 3.8) is 0 Å². The van der Waals surface area contributed by atoms with Gasteiger partial charge in [0.05, 0.1) is 17.6 Å². The van der Waals surface area contributed by atoms with Crippen LogP contribution in [0, 0.1) is 22.0 Å². The van der Waals surface area contributed by atoms with Gasteiger partial charge in [-0.2, -0.15) is 5.10 Å². The first kappa shape index (κ1) is 15.6. The van der Waals surface area contributed by atoms with Crippen molar-refractivity contribution in [2.45, 2.75) is 31.8 Å². The van der Waals surface area contributed by atoms with E-state index in [1.54, 1.807) is 12.1 Å². The highest BCUT2D eigenvalue weighted by molar-refractivity contribution is 9.12. The summed E-state index contributed by atoms with van der Waals surface area (Å²) in [5.41, 5.74) is 2.66. The normalized spacial score (nSPS) is 27.8. The Morgan fingerprint density at radius 3 is 2.79 bits per heavy atom. The molecule has 2 aliphatic carbocycles. The Bertz CT molecular complexity index is 906. The molecule has 0 radical (unpaired) electrons. The van der Waals surface area contributed by atoms with Gasteiger partial charge in [-0.05, 0) is 60.0 Å². The maximum atomic E-state index is 13.2. The molecule has 1 fully saturated rings. The summed E-state index contributed by atoms with van der Waals surface area (Å²) in [6, 6.07) is 6.30. The summed E-state index contributed by atoms with van der Waals surface area (Å²) in [6.07, 6.45) is 6.07. The Labute approximate surface area is 148 Å². The predicted molar refractivity (Wildman–Crippen MR) is 94.2 cm³/mol. The lowest BCUT2D eigenvalue weighted by molar-refractivity contribution is 0.0154. The van der Waals surface area contributed by atoms with Gasteiger partial charge in [0.25, 0.3) is 0 Å². The van der Waals surface area contributed by atoms with E-state index in [0.29, 0.717) is 12.8 Å². The lowest BCUT2D eigenvalue weighted by Gasteiger charge is -2.39. The topological polar surface area (TPSA) is 38.0 Å². The molecule has 0 saturated heterocycles. The van der Waals surface area contributed by atoms with Crippen LogP contribution in [-0.4, -0.2) is 20.5 Å². The van der Waals surface area contributed by atoms with Gasteiger partial charge < -0.3 is 5.11 Å². The minimum atomic E-state index is -1.03. The largest absolute Gasteiger partial charge is 0.377 e. The molecule has 24 heavy (non-hydrogen) atoms. The van der Waals surface area contributed by atoms with Gasteiger partial charge >= 0.3 is 0 Å². The van der Waals surface area contributed by atoms with Crippen LogP contribution in [0.3, 0.4) is 0 Å². The average Bonchev–Trinajstić information content (AvgIpc) is 3.06. The summed E-state index contributed by atoms with van der Waals surface area (Å²) in [5.74, 6) is 2.68. The molecule has 0 unspecified atom stereocenters. The molecule has 0 bridgehead atoms. The van der Waals surface area contributed by atoms with Crippen LogP contribution in [0.2, 0.25) is 0 Å². The van der Waals surface area contributed by atoms with Gasteiger partial charge in [-0.25, -0.2) is 9.07 Å². The van der Waals surface area contributed by atoms with Crippen molar-refractivity contribution in [1.29, 1.82) is 0 Å². The number of hydrogen-bond donors (Lipinski definition) is 1. The third-order valence-electron chi connectivity index (χ3n) is 5.44. The summed E-state index contributed by atoms with van der Waals surface area (Å²) < 4.78 is 15.0. The number of nitrogens with zero attached hydrogens (tertiary/aromatic N) is 2. The Morgan fingerprint density at radius 1 is 1.33 bits per heavy atom. The smallest absolute Gasteiger partial charge is 0.136 e. The highest BCUT2D eigenvalue weighted by atomic mass is 79.9. The molecule has 2 aliphatic rings. The second kappa shape index (κ2) is 5.30. The molecule has 4 rings (SSSR count). The maximum absolute atomic E-state index is 13.2. The van der Waals surface area contributed by atoms with Crippen LogP contribution in [0.25, 0.3) is 11.8 Å². The molecule has 122 valence electrons. The fraction of sp³-hybridized carbons (Fsp3) is 0.316. The van der Waals surface area contributed by atoms with Gasteiger partial charge in [0.1, 0.15) is 11.4 Å². The molecule has 1 aromatic carbocycles. The Kier molecular flexibility index (Phi) is 3.45. The summed E-state index contributed by atoms with van der Waals surface area (Å²) in [5, 5.41) is 15.5. The first-order valence-electron chi connectivity index (χ1n) is 7.86. The van der Waals surface area contributed by atoms with Crippen LogP contribution < -0.4 is 0 Å². The molecule has 3 nitrogen and oxygen atoms in total. The number of aromatic nitrogens is 2. The monoisotopic (exact) mass is 386 g/mol. The van der Waals surface area contributed by atoms with E-state index in [-0.39, 0.29) is 5.82 Å². The van der Waals surface area contributed by atoms with Gasteiger partial charge in [-0.15, -0.1) is 0 Å². The van der Waals surface area contributed by atoms with Crippen LogP contribution in [0.5, 0.6) is 0 Å². The van der Waals surface area contributed by atoms with E-state index >= 15 is 0 Å². The predicted octanol–water partition coefficient (Wildman–Crippen LogP) is 3.84. The van der Waals surface area contributed by atoms with Crippen molar-refractivity contribution in [2.24, 2.45) is 5.41 Å². The molecule has 1 aromatic heterocycles. The standard InChI is InChI=1S/C19H16BrFN2O/c1-18-11-13-12-22-23(16-4-2-15(21)3-5-16)17(13)10-14(18)6-7-19(18,24)8-9-20/h2-5,10,12,24H,6-7,11H2,1H3/t18-,19+/m0/s1. The van der Waals surface area contributed by atoms with E-state index in [0.717, 1.165) is 23.4 Å². The number of hydrogen-bond acceptors (Lipinski definition) is 2. The Balaban J connectivity index is 1.81. The number of fused-ring (bicyclic) bond motifs is 2. The van der Waals surface area contributed by atoms with E-state index in [2.05, 4.69) is 44.8 Å². The van der Waals surface area contributed by atoms with Gasteiger partial charge in [0, 0.05) is 21.3 Å². The number of benzene rings is 1. The van der Waals surface area contributed by atoms with Crippen molar-refractivity contribution < 1.29 is 9.50 Å². The van der Waals surface area contributed by atoms with Crippen LogP contribution in [0.1, 0.15) is 31.0 Å².